The number of fused-ring (bicyclic) bond motifs is 4. The predicted octanol–water partition coefficient (Wildman–Crippen LogP) is 6.57. The predicted molar refractivity (Wildman–Crippen MR) is 179 cm³/mol. The summed E-state index contributed by atoms with van der Waals surface area (Å²) >= 11 is 12.4. The minimum absolute atomic E-state index is 0.0366. The van der Waals surface area contributed by atoms with E-state index in [-0.39, 0.29) is 34.2 Å². The molecule has 3 fully saturated rings. The van der Waals surface area contributed by atoms with Gasteiger partial charge in [0.05, 0.1) is 33.7 Å². The normalized spacial score (nSPS) is 25.4. The van der Waals surface area contributed by atoms with Gasteiger partial charge in [-0.1, -0.05) is 53.1 Å². The second-order valence-electron chi connectivity index (χ2n) is 13.6. The summed E-state index contributed by atoms with van der Waals surface area (Å²) < 4.78 is 81.6. The summed E-state index contributed by atoms with van der Waals surface area (Å²) in [4.78, 5) is 64.1. The number of hydrogen-bond acceptors (Lipinski definition) is 9. The Morgan fingerprint density at radius 1 is 0.722 bits per heavy atom. The van der Waals surface area contributed by atoms with Gasteiger partial charge in [-0.15, -0.1) is 0 Å². The number of pyridine rings is 2. The Morgan fingerprint density at radius 3 is 1.74 bits per heavy atom. The van der Waals surface area contributed by atoms with Gasteiger partial charge in [0.15, 0.2) is 11.6 Å². The Hall–Kier alpha value is -4.90. The molecule has 284 valence electrons. The smallest absolute Gasteiger partial charge is 0.433 e. The molecule has 11 nitrogen and oxygen atoms in total. The van der Waals surface area contributed by atoms with Crippen LogP contribution in [0.25, 0.3) is 0 Å². The van der Waals surface area contributed by atoms with Crippen molar-refractivity contribution in [2.24, 2.45) is 29.6 Å². The summed E-state index contributed by atoms with van der Waals surface area (Å²) in [7, 11) is 2.32. The minimum atomic E-state index is -4.88. The lowest BCUT2D eigenvalue weighted by Gasteiger charge is -2.44. The van der Waals surface area contributed by atoms with Gasteiger partial charge < -0.3 is 5.11 Å². The fourth-order valence-electron chi connectivity index (χ4n) is 8.25. The number of halogens is 8. The summed E-state index contributed by atoms with van der Waals surface area (Å²) in [6.45, 7) is 1.62. The van der Waals surface area contributed by atoms with Crippen LogP contribution in [-0.4, -0.2) is 62.8 Å². The quantitative estimate of drug-likeness (QED) is 0.173. The van der Waals surface area contributed by atoms with Crippen LogP contribution in [0.3, 0.4) is 0 Å². The third kappa shape index (κ3) is 5.74. The van der Waals surface area contributed by atoms with E-state index in [1.165, 1.54) is 7.05 Å². The number of phenols is 1. The van der Waals surface area contributed by atoms with Gasteiger partial charge >= 0.3 is 12.4 Å². The van der Waals surface area contributed by atoms with E-state index in [4.69, 9.17) is 23.2 Å². The lowest BCUT2D eigenvalue weighted by atomic mass is 9.57. The minimum Gasteiger partial charge on any atom is -0.507 e. The number of carbonyl (C=O) groups excluding carboxylic acids is 4. The van der Waals surface area contributed by atoms with Gasteiger partial charge in [-0.3, -0.25) is 29.2 Å². The third-order valence-electron chi connectivity index (χ3n) is 10.7. The van der Waals surface area contributed by atoms with Crippen LogP contribution >= 0.6 is 23.2 Å². The van der Waals surface area contributed by atoms with Crippen LogP contribution in [0.2, 0.25) is 10.0 Å². The average Bonchev–Trinajstić information content (AvgIpc) is 3.51. The maximum absolute atomic E-state index is 14.4. The molecule has 7 rings (SSSR count). The van der Waals surface area contributed by atoms with Crippen LogP contribution in [-0.2, 0) is 31.5 Å². The average molecular weight is 798 g/mol. The lowest BCUT2D eigenvalue weighted by molar-refractivity contribution is -0.143. The number of amides is 4. The molecule has 19 heteroatoms. The molecule has 2 aliphatic carbocycles. The first-order chi connectivity index (χ1) is 25.2. The van der Waals surface area contributed by atoms with Gasteiger partial charge in [0.2, 0.25) is 0 Å². The highest BCUT2D eigenvalue weighted by Crippen LogP contribution is 2.59. The van der Waals surface area contributed by atoms with Gasteiger partial charge in [0.1, 0.15) is 17.1 Å². The first-order valence-electron chi connectivity index (χ1n) is 16.4. The zero-order valence-corrected chi connectivity index (χ0v) is 29.8. The lowest BCUT2D eigenvalue weighted by Crippen LogP contribution is -2.46. The molecule has 2 aliphatic heterocycles. The van der Waals surface area contributed by atoms with E-state index in [0.29, 0.717) is 33.3 Å². The summed E-state index contributed by atoms with van der Waals surface area (Å²) in [6.07, 6.45) is -8.27. The Labute approximate surface area is 312 Å². The van der Waals surface area contributed by atoms with Crippen molar-refractivity contribution in [3.63, 3.8) is 0 Å². The van der Waals surface area contributed by atoms with Crippen molar-refractivity contribution in [2.45, 2.75) is 38.0 Å². The zero-order valence-electron chi connectivity index (χ0n) is 28.3. The van der Waals surface area contributed by atoms with Crippen molar-refractivity contribution in [1.82, 2.24) is 20.0 Å². The summed E-state index contributed by atoms with van der Waals surface area (Å²) in [6, 6.07) is 7.97. The first-order valence-corrected chi connectivity index (χ1v) is 17.2. The van der Waals surface area contributed by atoms with Gasteiger partial charge in [0, 0.05) is 25.6 Å². The van der Waals surface area contributed by atoms with Gasteiger partial charge in [-0.05, 0) is 55.5 Å². The Balaban J connectivity index is 1.30. The number of phenolic OH excluding ortho intramolecular Hbond substituents is 1. The molecule has 0 radical (unpaired) electrons. The first kappa shape index (κ1) is 37.4. The largest absolute Gasteiger partial charge is 0.507 e. The van der Waals surface area contributed by atoms with Crippen molar-refractivity contribution in [2.75, 3.05) is 24.1 Å². The van der Waals surface area contributed by atoms with Crippen LogP contribution in [0.5, 0.6) is 5.75 Å². The molecule has 6 unspecified atom stereocenters. The van der Waals surface area contributed by atoms with Crippen LogP contribution in [0, 0.1) is 36.5 Å². The van der Waals surface area contributed by atoms with Crippen molar-refractivity contribution >= 4 is 58.5 Å². The zero-order chi connectivity index (χ0) is 39.3. The van der Waals surface area contributed by atoms with Crippen molar-refractivity contribution in [3.05, 3.63) is 86.7 Å². The van der Waals surface area contributed by atoms with Crippen molar-refractivity contribution in [3.8, 4) is 5.75 Å². The number of aromatic nitrogens is 2. The number of anilines is 2. The van der Waals surface area contributed by atoms with Gasteiger partial charge in [-0.25, -0.2) is 9.97 Å². The highest BCUT2D eigenvalue weighted by atomic mass is 35.5. The number of para-hydroxylation sites is 1. The standard InChI is InChI=1S/C35H28Cl2F6N6O5/c1-14-5-4-6-16(27(14)50)24-15-7-8-17-25(32(53)48(30(17)51)46(2)28-20(36)9-11-22(44-28)34(38,39)40)18(15)13-19-26(24)33(54)49(31(19)52)47(3)29-21(37)10-12-23(45-29)35(41,42)43/h4-7,9-12,17-19,24-26,50H,8,13H2,1-3H3. The fourth-order valence-corrected chi connectivity index (χ4v) is 8.70. The molecule has 1 saturated carbocycles. The fraction of sp³-hybridized carbons (Fsp3) is 0.371. The van der Waals surface area contributed by atoms with E-state index in [2.05, 4.69) is 9.97 Å². The van der Waals surface area contributed by atoms with E-state index < -0.39 is 94.5 Å². The molecular formula is C35H28Cl2F6N6O5. The molecule has 3 aromatic rings. The molecule has 4 heterocycles. The van der Waals surface area contributed by atoms with Gasteiger partial charge in [0.25, 0.3) is 23.6 Å². The number of hydrazine groups is 2. The molecule has 4 aliphatic rings. The summed E-state index contributed by atoms with van der Waals surface area (Å²) in [5, 5.41) is 13.8. The SMILES string of the molecule is Cc1cccc(C2C3=CCC4C(=O)N(N(C)c5nc(C(F)(F)F)ccc5Cl)C(=O)C4C3CC3C(=O)N(N(C)c4nc(C(F)(F)F)ccc4Cl)C(=O)C32)c1O. The number of benzene rings is 1. The van der Waals surface area contributed by atoms with Crippen molar-refractivity contribution in [1.29, 1.82) is 0 Å². The second-order valence-corrected chi connectivity index (χ2v) is 14.4. The number of rotatable bonds is 5. The Bertz CT molecular complexity index is 2160. The van der Waals surface area contributed by atoms with E-state index in [0.717, 1.165) is 29.2 Å². The molecular weight excluding hydrogens is 769 g/mol. The van der Waals surface area contributed by atoms with E-state index in [1.54, 1.807) is 31.2 Å². The number of carbonyl (C=O) groups is 4. The third-order valence-corrected chi connectivity index (χ3v) is 11.2. The molecule has 0 spiro atoms. The molecule has 2 saturated heterocycles. The number of allylic oxidation sites excluding steroid dienone is 2. The number of nitrogens with zero attached hydrogens (tertiary/aromatic N) is 6. The molecule has 1 N–H and O–H groups in total. The highest BCUT2D eigenvalue weighted by Gasteiger charge is 2.63. The summed E-state index contributed by atoms with van der Waals surface area (Å²) in [5.41, 5.74) is -1.49. The van der Waals surface area contributed by atoms with Crippen LogP contribution in [0.4, 0.5) is 38.0 Å². The number of hydrogen-bond donors (Lipinski definition) is 1. The van der Waals surface area contributed by atoms with Crippen LogP contribution in [0.15, 0.2) is 54.1 Å². The van der Waals surface area contributed by atoms with E-state index >= 15 is 0 Å². The molecule has 2 aromatic heterocycles. The molecule has 54 heavy (non-hydrogen) atoms. The molecule has 6 atom stereocenters. The maximum Gasteiger partial charge on any atom is 0.433 e. The van der Waals surface area contributed by atoms with Gasteiger partial charge in [-0.2, -0.15) is 36.4 Å². The summed E-state index contributed by atoms with van der Waals surface area (Å²) in [5.74, 6) is -11.0. The molecule has 1 aromatic carbocycles. The second kappa shape index (κ2) is 12.9. The maximum atomic E-state index is 14.4. The van der Waals surface area contributed by atoms with Crippen molar-refractivity contribution < 1.29 is 50.6 Å². The monoisotopic (exact) mass is 796 g/mol. The Kier molecular flexibility index (Phi) is 8.91. The van der Waals surface area contributed by atoms with E-state index in [9.17, 15) is 50.6 Å². The van der Waals surface area contributed by atoms with Crippen LogP contribution < -0.4 is 10.0 Å². The Morgan fingerprint density at radius 2 is 1.22 bits per heavy atom. The number of alkyl halides is 6. The number of aromatic hydroxyl groups is 1. The van der Waals surface area contributed by atoms with Crippen LogP contribution in [0.1, 0.15) is 41.3 Å². The molecule has 4 amide bonds. The van der Waals surface area contributed by atoms with E-state index in [1.807, 2.05) is 0 Å². The number of imide groups is 2. The number of aryl methyl sites for hydroxylation is 1. The topological polar surface area (TPSA) is 127 Å². The highest BCUT2D eigenvalue weighted by molar-refractivity contribution is 6.33. The molecule has 0 bridgehead atoms.